The number of fused-ring (bicyclic) bond motifs is 2. The number of ether oxygens (including phenoxy) is 2. The third-order valence-corrected chi connectivity index (χ3v) is 6.68. The van der Waals surface area contributed by atoms with E-state index in [1.165, 1.54) is 0 Å². The maximum absolute atomic E-state index is 12.2. The van der Waals surface area contributed by atoms with Crippen molar-refractivity contribution in [1.82, 2.24) is 0 Å². The highest BCUT2D eigenvalue weighted by atomic mass is 16.6. The van der Waals surface area contributed by atoms with Gasteiger partial charge in [0.25, 0.3) is 0 Å². The average Bonchev–Trinajstić information content (AvgIpc) is 2.81. The molecular formula is C20H28O5. The summed E-state index contributed by atoms with van der Waals surface area (Å²) in [6, 6.07) is 0. The fourth-order valence-corrected chi connectivity index (χ4v) is 4.83. The molecule has 0 saturated heterocycles. The van der Waals surface area contributed by atoms with Crippen molar-refractivity contribution in [3.05, 3.63) is 22.8 Å². The summed E-state index contributed by atoms with van der Waals surface area (Å²) in [5.74, 6) is -0.693. The molecule has 25 heavy (non-hydrogen) atoms. The highest BCUT2D eigenvalue weighted by molar-refractivity contribution is 5.91. The van der Waals surface area contributed by atoms with E-state index in [9.17, 15) is 14.7 Å². The largest absolute Gasteiger partial charge is 0.456 e. The molecule has 0 unspecified atom stereocenters. The number of carbonyl (C=O) groups is 2. The van der Waals surface area contributed by atoms with Crippen LogP contribution in [0.15, 0.2) is 22.8 Å². The first-order valence-corrected chi connectivity index (χ1v) is 9.07. The standard InChI is InChI=1S/C20H28O5/c1-6-11(2)17(21)25-16-7-8-19(4)10-14-13(12(3)18(22)24-14)9-15(19)20(16,5)23/h6,14-16,23H,7-10H2,1-5H3/b11-6-/t14-,15+,16-,19+,20-/m0/s1. The van der Waals surface area contributed by atoms with Crippen LogP contribution < -0.4 is 0 Å². The Labute approximate surface area is 149 Å². The monoisotopic (exact) mass is 348 g/mol. The van der Waals surface area contributed by atoms with Gasteiger partial charge >= 0.3 is 11.9 Å². The lowest BCUT2D eigenvalue weighted by Crippen LogP contribution is -2.60. The Balaban J connectivity index is 1.87. The van der Waals surface area contributed by atoms with Crippen molar-refractivity contribution < 1.29 is 24.2 Å². The van der Waals surface area contributed by atoms with Crippen LogP contribution in [-0.4, -0.2) is 34.9 Å². The van der Waals surface area contributed by atoms with Gasteiger partial charge in [-0.05, 0) is 64.4 Å². The van der Waals surface area contributed by atoms with E-state index in [0.29, 0.717) is 24.0 Å². The lowest BCUT2D eigenvalue weighted by Gasteiger charge is -2.56. The first kappa shape index (κ1) is 18.2. The Morgan fingerprint density at radius 1 is 1.40 bits per heavy atom. The van der Waals surface area contributed by atoms with E-state index in [2.05, 4.69) is 6.92 Å². The van der Waals surface area contributed by atoms with Crippen molar-refractivity contribution >= 4 is 11.9 Å². The maximum Gasteiger partial charge on any atom is 0.334 e. The summed E-state index contributed by atoms with van der Waals surface area (Å²) >= 11 is 0. The Morgan fingerprint density at radius 2 is 2.08 bits per heavy atom. The normalized spacial score (nSPS) is 41.1. The Morgan fingerprint density at radius 3 is 2.72 bits per heavy atom. The average molecular weight is 348 g/mol. The quantitative estimate of drug-likeness (QED) is 0.613. The molecule has 0 aromatic carbocycles. The van der Waals surface area contributed by atoms with Crippen LogP contribution in [0.25, 0.3) is 0 Å². The number of esters is 2. The SMILES string of the molecule is C/C=C(/C)C(=O)O[C@H]1CC[C@]2(C)C[C@@H]3OC(=O)C(C)=C3C[C@H]2[C@]1(C)O. The van der Waals surface area contributed by atoms with E-state index in [4.69, 9.17) is 9.47 Å². The van der Waals surface area contributed by atoms with Gasteiger partial charge in [0.15, 0.2) is 0 Å². The summed E-state index contributed by atoms with van der Waals surface area (Å²) in [5.41, 5.74) is 0.944. The molecule has 1 N–H and O–H groups in total. The van der Waals surface area contributed by atoms with Gasteiger partial charge in [0.2, 0.25) is 0 Å². The molecule has 5 heteroatoms. The summed E-state index contributed by atoms with van der Waals surface area (Å²) in [5, 5.41) is 11.3. The molecule has 1 aliphatic heterocycles. The number of carbonyl (C=O) groups excluding carboxylic acids is 2. The van der Waals surface area contributed by atoms with Gasteiger partial charge < -0.3 is 14.6 Å². The van der Waals surface area contributed by atoms with Gasteiger partial charge in [-0.25, -0.2) is 9.59 Å². The fourth-order valence-electron chi connectivity index (χ4n) is 4.83. The van der Waals surface area contributed by atoms with Gasteiger partial charge in [-0.15, -0.1) is 0 Å². The highest BCUT2D eigenvalue weighted by Crippen LogP contribution is 2.57. The third-order valence-electron chi connectivity index (χ3n) is 6.68. The molecule has 138 valence electrons. The van der Waals surface area contributed by atoms with Crippen molar-refractivity contribution in [2.45, 2.75) is 78.1 Å². The lowest BCUT2D eigenvalue weighted by atomic mass is 9.53. The number of allylic oxidation sites excluding steroid dienone is 1. The van der Waals surface area contributed by atoms with Crippen molar-refractivity contribution in [2.24, 2.45) is 11.3 Å². The lowest BCUT2D eigenvalue weighted by molar-refractivity contribution is -0.201. The first-order valence-electron chi connectivity index (χ1n) is 9.07. The molecule has 1 heterocycles. The van der Waals surface area contributed by atoms with Gasteiger partial charge in [0.1, 0.15) is 17.8 Å². The van der Waals surface area contributed by atoms with Crippen molar-refractivity contribution in [1.29, 1.82) is 0 Å². The molecule has 0 aromatic heterocycles. The molecule has 0 bridgehead atoms. The zero-order valence-electron chi connectivity index (χ0n) is 15.7. The fraction of sp³-hybridized carbons (Fsp3) is 0.700. The molecule has 3 rings (SSSR count). The van der Waals surface area contributed by atoms with Crippen molar-refractivity contribution in [3.63, 3.8) is 0 Å². The van der Waals surface area contributed by atoms with Crippen LogP contribution in [0.4, 0.5) is 0 Å². The van der Waals surface area contributed by atoms with Crippen LogP contribution in [-0.2, 0) is 19.1 Å². The Bertz CT molecular complexity index is 672. The number of aliphatic hydroxyl groups is 1. The van der Waals surface area contributed by atoms with E-state index >= 15 is 0 Å². The summed E-state index contributed by atoms with van der Waals surface area (Å²) in [6.45, 7) is 9.22. The minimum absolute atomic E-state index is 0.0758. The number of hydrogen-bond acceptors (Lipinski definition) is 5. The molecule has 0 amide bonds. The first-order chi connectivity index (χ1) is 11.6. The minimum Gasteiger partial charge on any atom is -0.456 e. The van der Waals surface area contributed by atoms with Crippen molar-refractivity contribution in [3.8, 4) is 0 Å². The Kier molecular flexibility index (Phi) is 4.34. The van der Waals surface area contributed by atoms with Crippen LogP contribution in [0.2, 0.25) is 0 Å². The number of hydrogen-bond donors (Lipinski definition) is 1. The molecular weight excluding hydrogens is 320 g/mol. The van der Waals surface area contributed by atoms with Crippen LogP contribution in [0.5, 0.6) is 0 Å². The predicted molar refractivity (Wildman–Crippen MR) is 92.6 cm³/mol. The predicted octanol–water partition coefficient (Wildman–Crippen LogP) is 3.07. The van der Waals surface area contributed by atoms with Crippen LogP contribution >= 0.6 is 0 Å². The van der Waals surface area contributed by atoms with Crippen molar-refractivity contribution in [2.75, 3.05) is 0 Å². The second kappa shape index (κ2) is 5.97. The third kappa shape index (κ3) is 2.82. The number of rotatable bonds is 2. The van der Waals surface area contributed by atoms with Gasteiger partial charge in [-0.3, -0.25) is 0 Å². The summed E-state index contributed by atoms with van der Waals surface area (Å²) in [6.07, 6.45) is 3.80. The van der Waals surface area contributed by atoms with E-state index in [0.717, 1.165) is 18.4 Å². The van der Waals surface area contributed by atoms with E-state index in [-0.39, 0.29) is 29.4 Å². The molecule has 2 aliphatic carbocycles. The van der Waals surface area contributed by atoms with Gasteiger partial charge in [-0.1, -0.05) is 13.0 Å². The molecule has 3 aliphatic rings. The smallest absolute Gasteiger partial charge is 0.334 e. The summed E-state index contributed by atoms with van der Waals surface area (Å²) in [4.78, 5) is 24.1. The summed E-state index contributed by atoms with van der Waals surface area (Å²) < 4.78 is 11.2. The molecule has 5 atom stereocenters. The van der Waals surface area contributed by atoms with Gasteiger partial charge in [0, 0.05) is 17.1 Å². The molecule has 0 aromatic rings. The molecule has 5 nitrogen and oxygen atoms in total. The second-order valence-electron chi connectivity index (χ2n) is 8.29. The second-order valence-corrected chi connectivity index (χ2v) is 8.29. The van der Waals surface area contributed by atoms with E-state index in [1.807, 2.05) is 0 Å². The Hall–Kier alpha value is -1.62. The molecule has 0 spiro atoms. The zero-order valence-corrected chi connectivity index (χ0v) is 15.7. The molecule has 2 fully saturated rings. The van der Waals surface area contributed by atoms with Gasteiger partial charge in [0.05, 0.1) is 0 Å². The van der Waals surface area contributed by atoms with Crippen LogP contribution in [0.3, 0.4) is 0 Å². The summed E-state index contributed by atoms with van der Waals surface area (Å²) in [7, 11) is 0. The van der Waals surface area contributed by atoms with E-state index < -0.39 is 11.7 Å². The minimum atomic E-state index is -1.14. The van der Waals surface area contributed by atoms with Crippen LogP contribution in [0.1, 0.15) is 60.3 Å². The molecule has 2 saturated carbocycles. The maximum atomic E-state index is 12.2. The highest BCUT2D eigenvalue weighted by Gasteiger charge is 2.59. The zero-order chi connectivity index (χ0) is 18.6. The molecule has 0 radical (unpaired) electrons. The van der Waals surface area contributed by atoms with Gasteiger partial charge in [-0.2, -0.15) is 0 Å². The van der Waals surface area contributed by atoms with E-state index in [1.54, 1.807) is 33.8 Å². The van der Waals surface area contributed by atoms with Crippen LogP contribution in [0, 0.1) is 11.3 Å². The topological polar surface area (TPSA) is 72.8 Å².